The normalized spacial score (nSPS) is 25.0. The van der Waals surface area contributed by atoms with Crippen molar-refractivity contribution in [2.75, 3.05) is 36.8 Å². The first kappa shape index (κ1) is 31.5. The molecule has 11 nitrogen and oxygen atoms in total. The largest absolute Gasteiger partial charge is 0.480 e. The summed E-state index contributed by atoms with van der Waals surface area (Å²) in [6.07, 6.45) is 1.12. The second kappa shape index (κ2) is 12.1. The van der Waals surface area contributed by atoms with Gasteiger partial charge in [0.05, 0.1) is 16.8 Å². The first-order valence-electron chi connectivity index (χ1n) is 15.2. The van der Waals surface area contributed by atoms with Crippen LogP contribution in [0.2, 0.25) is 0 Å². The Hall–Kier alpha value is -4.43. The van der Waals surface area contributed by atoms with Crippen molar-refractivity contribution in [2.24, 2.45) is 16.6 Å². The van der Waals surface area contributed by atoms with E-state index in [4.69, 9.17) is 16.2 Å². The third kappa shape index (κ3) is 6.06. The van der Waals surface area contributed by atoms with Gasteiger partial charge in [0.25, 0.3) is 0 Å². The summed E-state index contributed by atoms with van der Waals surface area (Å²) in [6.45, 7) is 2.96. The predicted molar refractivity (Wildman–Crippen MR) is 166 cm³/mol. The van der Waals surface area contributed by atoms with Crippen LogP contribution < -0.4 is 26.4 Å². The molecule has 6 rings (SSSR count). The van der Waals surface area contributed by atoms with Crippen LogP contribution in [0.1, 0.15) is 36.4 Å². The number of nitrogens with two attached hydrogens (primary N) is 2. The van der Waals surface area contributed by atoms with Crippen molar-refractivity contribution in [2.45, 2.75) is 50.4 Å². The van der Waals surface area contributed by atoms with Gasteiger partial charge in [-0.15, -0.1) is 0 Å². The van der Waals surface area contributed by atoms with Crippen LogP contribution in [0.25, 0.3) is 5.70 Å². The van der Waals surface area contributed by atoms with E-state index in [1.165, 1.54) is 16.8 Å². The van der Waals surface area contributed by atoms with Crippen molar-refractivity contribution in [3.63, 3.8) is 0 Å². The Morgan fingerprint density at radius 1 is 1.20 bits per heavy atom. The zero-order valence-electron chi connectivity index (χ0n) is 25.3. The number of aliphatic carboxylic acids is 1. The number of allylic oxidation sites excluding steroid dienone is 2. The van der Waals surface area contributed by atoms with Crippen molar-refractivity contribution in [3.05, 3.63) is 78.1 Å². The molecule has 0 saturated carbocycles. The van der Waals surface area contributed by atoms with Gasteiger partial charge in [-0.1, -0.05) is 48.6 Å². The predicted octanol–water partition coefficient (Wildman–Crippen LogP) is 3.75. The molecule has 2 aromatic heterocycles. The molecule has 4 heterocycles. The molecule has 3 aromatic rings. The fourth-order valence-electron chi connectivity index (χ4n) is 6.88. The van der Waals surface area contributed by atoms with Crippen LogP contribution in [0, 0.1) is 17.8 Å². The minimum absolute atomic E-state index is 0.162. The van der Waals surface area contributed by atoms with Crippen molar-refractivity contribution in [1.82, 2.24) is 25.1 Å². The van der Waals surface area contributed by atoms with Crippen LogP contribution in [-0.4, -0.2) is 75.3 Å². The molecule has 0 bridgehead atoms. The number of nitrogens with one attached hydrogen (secondary N) is 1. The number of carbonyl (C=O) groups is 1. The molecule has 14 heteroatoms. The Morgan fingerprint density at radius 2 is 1.93 bits per heavy atom. The molecule has 2 saturated heterocycles. The molecule has 0 radical (unpaired) electrons. The van der Waals surface area contributed by atoms with E-state index in [0.29, 0.717) is 50.4 Å². The van der Waals surface area contributed by atoms with E-state index in [9.17, 15) is 9.90 Å². The summed E-state index contributed by atoms with van der Waals surface area (Å²) in [5.74, 6) is -1.42. The van der Waals surface area contributed by atoms with Gasteiger partial charge in [0.1, 0.15) is 11.9 Å². The minimum atomic E-state index is -4.88. The number of anilines is 2. The molecule has 2 aliphatic heterocycles. The third-order valence-corrected chi connectivity index (χ3v) is 9.42. The highest BCUT2D eigenvalue weighted by Crippen LogP contribution is 2.48. The molecule has 3 unspecified atom stereocenters. The summed E-state index contributed by atoms with van der Waals surface area (Å²) in [5.41, 5.74) is 12.0. The lowest BCUT2D eigenvalue weighted by Gasteiger charge is -2.42. The molecule has 1 aliphatic carbocycles. The number of benzene rings is 1. The quantitative estimate of drug-likeness (QED) is 0.268. The van der Waals surface area contributed by atoms with E-state index in [1.54, 1.807) is 31.3 Å². The maximum atomic E-state index is 15.1. The lowest BCUT2D eigenvalue weighted by Crippen LogP contribution is -2.54. The zero-order valence-corrected chi connectivity index (χ0v) is 25.3. The maximum Gasteiger partial charge on any atom is 0.426 e. The Balaban J connectivity index is 1.31. The minimum Gasteiger partial charge on any atom is -0.480 e. The summed E-state index contributed by atoms with van der Waals surface area (Å²) in [4.78, 5) is 21.7. The van der Waals surface area contributed by atoms with Crippen LogP contribution in [0.4, 0.5) is 24.9 Å². The molecule has 6 N–H and O–H groups in total. The number of hydrogen-bond donors (Lipinski definition) is 4. The van der Waals surface area contributed by atoms with E-state index in [-0.39, 0.29) is 28.9 Å². The summed E-state index contributed by atoms with van der Waals surface area (Å²) < 4.78 is 52.7. The van der Waals surface area contributed by atoms with Gasteiger partial charge >= 0.3 is 12.1 Å². The van der Waals surface area contributed by atoms with Gasteiger partial charge < -0.3 is 31.5 Å². The van der Waals surface area contributed by atoms with Crippen LogP contribution in [0.15, 0.2) is 66.9 Å². The molecule has 1 spiro atoms. The van der Waals surface area contributed by atoms with Crippen molar-refractivity contribution < 1.29 is 27.8 Å². The van der Waals surface area contributed by atoms with Gasteiger partial charge in [-0.2, -0.15) is 28.2 Å². The Kier molecular flexibility index (Phi) is 8.27. The Labute approximate surface area is 264 Å². The molecular formula is C32H37F3N8O3. The summed E-state index contributed by atoms with van der Waals surface area (Å²) in [5, 5.41) is 16.9. The molecule has 1 aromatic carbocycles. The summed E-state index contributed by atoms with van der Waals surface area (Å²) in [7, 11) is 0. The molecular weight excluding hydrogens is 601 g/mol. The number of halogens is 3. The van der Waals surface area contributed by atoms with Crippen LogP contribution in [0.5, 0.6) is 5.88 Å². The number of nitrogen functional groups attached to an aromatic ring is 1. The lowest BCUT2D eigenvalue weighted by atomic mass is 9.72. The molecule has 2 fully saturated rings. The molecule has 244 valence electrons. The molecule has 3 aliphatic rings. The van der Waals surface area contributed by atoms with Crippen LogP contribution >= 0.6 is 0 Å². The number of nitrogens with zero attached hydrogens (tertiary/aromatic N) is 5. The average molecular weight is 639 g/mol. The fourth-order valence-corrected chi connectivity index (χ4v) is 6.88. The first-order chi connectivity index (χ1) is 21.9. The number of hydrogen-bond acceptors (Lipinski definition) is 9. The van der Waals surface area contributed by atoms with Crippen molar-refractivity contribution >= 4 is 23.4 Å². The van der Waals surface area contributed by atoms with Crippen LogP contribution in [-0.2, 0) is 4.79 Å². The molecule has 46 heavy (non-hydrogen) atoms. The van der Waals surface area contributed by atoms with E-state index in [2.05, 4.69) is 20.4 Å². The highest BCUT2D eigenvalue weighted by molar-refractivity contribution is 5.74. The number of alkyl halides is 3. The number of rotatable bonds is 8. The van der Waals surface area contributed by atoms with E-state index < -0.39 is 36.3 Å². The van der Waals surface area contributed by atoms with E-state index in [0.717, 1.165) is 5.56 Å². The first-order valence-corrected chi connectivity index (χ1v) is 15.2. The van der Waals surface area contributed by atoms with Crippen LogP contribution in [0.3, 0.4) is 0 Å². The van der Waals surface area contributed by atoms with Gasteiger partial charge in [0.15, 0.2) is 0 Å². The summed E-state index contributed by atoms with van der Waals surface area (Å²) in [6, 6.07) is 11.9. The number of aromatic nitrogens is 4. The maximum absolute atomic E-state index is 15.1. The van der Waals surface area contributed by atoms with Crippen molar-refractivity contribution in [3.8, 4) is 5.88 Å². The number of carboxylic acids is 1. The van der Waals surface area contributed by atoms with Crippen molar-refractivity contribution in [1.29, 1.82) is 0 Å². The van der Waals surface area contributed by atoms with E-state index >= 15 is 13.2 Å². The monoisotopic (exact) mass is 638 g/mol. The second-order valence-electron chi connectivity index (χ2n) is 12.4. The Bertz CT molecular complexity index is 1630. The fraction of sp³-hybridized carbons (Fsp3) is 0.438. The van der Waals surface area contributed by atoms with E-state index in [1.807, 2.05) is 35.2 Å². The third-order valence-electron chi connectivity index (χ3n) is 9.42. The van der Waals surface area contributed by atoms with Gasteiger partial charge in [0, 0.05) is 44.4 Å². The van der Waals surface area contributed by atoms with Gasteiger partial charge in [0.2, 0.25) is 17.9 Å². The summed E-state index contributed by atoms with van der Waals surface area (Å²) >= 11 is 0. The number of piperidine rings is 1. The topological polar surface area (TPSA) is 157 Å². The standard InChI is InChI=1S/C32H37F3N8O3/c1-20-8-12-43(41-20)24-15-22(21-5-3-2-4-6-21)7-9-31(24,18-36)28(32(33,34)35)46-26-16-25(39-29(37)40-26)42-13-10-30(11-14-42)17-23(27(44)45)38-19-30/h2-9,12,15-16,22-23,28,38H,10-11,13-14,17-19,36H2,1H3,(H,44,45)(H2,37,39,40)/t22?,23?,28-,31?/m1/s1. The SMILES string of the molecule is Cc1ccn(C2=CC(c3ccccc3)C=CC2(CN)[C@@H](Oc2cc(N3CCC4(CC3)CNC(C(=O)O)C4)nc(N)n2)C(F)(F)F)n1. The average Bonchev–Trinajstić information content (AvgIpc) is 3.66. The highest BCUT2D eigenvalue weighted by Gasteiger charge is 2.58. The Morgan fingerprint density at radius 3 is 2.54 bits per heavy atom. The zero-order chi connectivity index (χ0) is 32.7. The highest BCUT2D eigenvalue weighted by atomic mass is 19.4. The van der Waals surface area contributed by atoms with Gasteiger partial charge in [-0.05, 0) is 43.2 Å². The number of ether oxygens (including phenoxy) is 1. The lowest BCUT2D eigenvalue weighted by molar-refractivity contribution is -0.214. The smallest absolute Gasteiger partial charge is 0.426 e. The molecule has 0 amide bonds. The molecule has 4 atom stereocenters. The number of carboxylic acid groups (broad SMARTS) is 1. The number of aryl methyl sites for hydroxylation is 1. The van der Waals surface area contributed by atoms with Gasteiger partial charge in [-0.3, -0.25) is 4.79 Å². The second-order valence-corrected chi connectivity index (χ2v) is 12.4. The van der Waals surface area contributed by atoms with Gasteiger partial charge in [-0.25, -0.2) is 4.68 Å².